The van der Waals surface area contributed by atoms with Crippen LogP contribution in [-0.2, 0) is 4.74 Å². The second-order valence-electron chi connectivity index (χ2n) is 8.88. The van der Waals surface area contributed by atoms with E-state index < -0.39 is 11.6 Å². The number of rotatable bonds is 6. The number of benzene rings is 2. The number of hydrogen-bond acceptors (Lipinski definition) is 6. The fraction of sp³-hybridized carbons (Fsp3) is 0.360. The Morgan fingerprint density at radius 2 is 1.88 bits per heavy atom. The molecule has 2 fully saturated rings. The van der Waals surface area contributed by atoms with E-state index >= 15 is 0 Å². The summed E-state index contributed by atoms with van der Waals surface area (Å²) < 4.78 is 33.6. The fourth-order valence-corrected chi connectivity index (χ4v) is 4.64. The van der Waals surface area contributed by atoms with Crippen LogP contribution in [0.2, 0.25) is 5.02 Å². The molecule has 2 atom stereocenters. The number of halogens is 3. The van der Waals surface area contributed by atoms with Crippen LogP contribution in [0.4, 0.5) is 14.6 Å². The maximum Gasteiger partial charge on any atom is 0.141 e. The minimum Gasteiger partial charge on any atom is -0.353 e. The number of nitrogens with zero attached hydrogens (tertiary/aromatic N) is 5. The van der Waals surface area contributed by atoms with Gasteiger partial charge in [0.2, 0.25) is 0 Å². The van der Waals surface area contributed by atoms with Crippen molar-refractivity contribution >= 4 is 28.3 Å². The van der Waals surface area contributed by atoms with Crippen molar-refractivity contribution in [1.82, 2.24) is 19.8 Å². The Balaban J connectivity index is 1.31. The van der Waals surface area contributed by atoms with Gasteiger partial charge in [-0.3, -0.25) is 4.90 Å². The summed E-state index contributed by atoms with van der Waals surface area (Å²) in [7, 11) is 4.08. The number of likely N-dealkylation sites (N-methyl/N-ethyl adjacent to an activating group) is 1. The van der Waals surface area contributed by atoms with Gasteiger partial charge in [0.05, 0.1) is 5.52 Å². The number of fused-ring (bicyclic) bond motifs is 1. The fourth-order valence-electron chi connectivity index (χ4n) is 4.37. The zero-order valence-corrected chi connectivity index (χ0v) is 19.8. The summed E-state index contributed by atoms with van der Waals surface area (Å²) in [4.78, 5) is 15.6. The maximum atomic E-state index is 14.4. The largest absolute Gasteiger partial charge is 0.353 e. The molecule has 2 unspecified atom stereocenters. The average Bonchev–Trinajstić information content (AvgIpc) is 3.58. The zero-order chi connectivity index (χ0) is 23.8. The molecule has 0 aliphatic carbocycles. The van der Waals surface area contributed by atoms with Crippen LogP contribution in [0.3, 0.4) is 0 Å². The van der Waals surface area contributed by atoms with Crippen molar-refractivity contribution in [2.24, 2.45) is 0 Å². The number of piperazine rings is 1. The third-order valence-corrected chi connectivity index (χ3v) is 6.51. The van der Waals surface area contributed by atoms with Crippen molar-refractivity contribution in [3.05, 3.63) is 65.5 Å². The van der Waals surface area contributed by atoms with E-state index in [2.05, 4.69) is 36.8 Å². The van der Waals surface area contributed by atoms with Crippen LogP contribution in [-0.4, -0.2) is 78.9 Å². The number of anilines is 1. The lowest BCUT2D eigenvalue weighted by atomic mass is 10.0. The van der Waals surface area contributed by atoms with Crippen LogP contribution in [0.5, 0.6) is 0 Å². The summed E-state index contributed by atoms with van der Waals surface area (Å²) in [5, 5.41) is 1.17. The maximum absolute atomic E-state index is 14.4. The van der Waals surface area contributed by atoms with Crippen LogP contribution < -0.4 is 4.90 Å². The van der Waals surface area contributed by atoms with Crippen LogP contribution in [0.1, 0.15) is 0 Å². The molecular weight excluding hydrogens is 460 g/mol. The highest BCUT2D eigenvalue weighted by Gasteiger charge is 2.42. The van der Waals surface area contributed by atoms with Crippen molar-refractivity contribution < 1.29 is 13.5 Å². The van der Waals surface area contributed by atoms with E-state index in [1.54, 1.807) is 12.1 Å². The molecule has 3 heterocycles. The van der Waals surface area contributed by atoms with E-state index in [0.29, 0.717) is 16.1 Å². The Kier molecular flexibility index (Phi) is 6.48. The molecule has 2 aromatic carbocycles. The molecule has 2 saturated heterocycles. The lowest BCUT2D eigenvalue weighted by Gasteiger charge is -2.35. The number of hydrogen-bond donors (Lipinski definition) is 0. The molecule has 2 aliphatic rings. The SMILES string of the molecule is CN(C)C/C=C/C1OC1N1CCN(c2ncnc3cc(-c4ccc(F)cc4F)c(Cl)cc23)CC1. The molecule has 6 nitrogen and oxygen atoms in total. The second kappa shape index (κ2) is 9.54. The Labute approximate surface area is 202 Å². The molecular formula is C25H26ClF2N5O. The highest BCUT2D eigenvalue weighted by molar-refractivity contribution is 6.34. The first-order valence-corrected chi connectivity index (χ1v) is 11.6. The van der Waals surface area contributed by atoms with Crippen LogP contribution >= 0.6 is 11.6 Å². The van der Waals surface area contributed by atoms with E-state index in [1.165, 1.54) is 18.5 Å². The highest BCUT2D eigenvalue weighted by atomic mass is 35.5. The van der Waals surface area contributed by atoms with Crippen molar-refractivity contribution in [3.8, 4) is 11.1 Å². The van der Waals surface area contributed by atoms with Crippen LogP contribution in [0.15, 0.2) is 48.8 Å². The van der Waals surface area contributed by atoms with Gasteiger partial charge >= 0.3 is 0 Å². The third-order valence-electron chi connectivity index (χ3n) is 6.20. The van der Waals surface area contributed by atoms with Gasteiger partial charge < -0.3 is 14.5 Å². The average molecular weight is 486 g/mol. The molecule has 1 aromatic heterocycles. The molecule has 5 rings (SSSR count). The highest BCUT2D eigenvalue weighted by Crippen LogP contribution is 2.36. The smallest absolute Gasteiger partial charge is 0.141 e. The predicted molar refractivity (Wildman–Crippen MR) is 130 cm³/mol. The van der Waals surface area contributed by atoms with Gasteiger partial charge in [-0.05, 0) is 38.4 Å². The Hall–Kier alpha value is -2.65. The number of epoxide rings is 1. The van der Waals surface area contributed by atoms with E-state index in [1.807, 2.05) is 14.1 Å². The first kappa shape index (κ1) is 23.1. The molecule has 0 amide bonds. The van der Waals surface area contributed by atoms with Gasteiger partial charge in [-0.25, -0.2) is 18.7 Å². The topological polar surface area (TPSA) is 48.0 Å². The van der Waals surface area contributed by atoms with Gasteiger partial charge in [-0.1, -0.05) is 23.8 Å². The van der Waals surface area contributed by atoms with Crippen LogP contribution in [0.25, 0.3) is 22.0 Å². The normalized spacial score (nSPS) is 21.2. The predicted octanol–water partition coefficient (Wildman–Crippen LogP) is 4.19. The number of ether oxygens (including phenoxy) is 1. The molecule has 9 heteroatoms. The first-order chi connectivity index (χ1) is 16.4. The van der Waals surface area contributed by atoms with Gasteiger partial charge in [0.1, 0.15) is 36.1 Å². The first-order valence-electron chi connectivity index (χ1n) is 11.3. The van der Waals surface area contributed by atoms with Gasteiger partial charge in [-0.2, -0.15) is 0 Å². The molecule has 3 aromatic rings. The molecule has 0 saturated carbocycles. The van der Waals surface area contributed by atoms with E-state index in [9.17, 15) is 8.78 Å². The molecule has 0 bridgehead atoms. The van der Waals surface area contributed by atoms with E-state index in [4.69, 9.17) is 16.3 Å². The minimum absolute atomic E-state index is 0.144. The molecule has 178 valence electrons. The summed E-state index contributed by atoms with van der Waals surface area (Å²) in [6.07, 6.45) is 6.10. The monoisotopic (exact) mass is 485 g/mol. The third kappa shape index (κ3) is 4.77. The summed E-state index contributed by atoms with van der Waals surface area (Å²) >= 11 is 6.54. The van der Waals surface area contributed by atoms with Crippen molar-refractivity contribution in [2.45, 2.75) is 12.3 Å². The van der Waals surface area contributed by atoms with Crippen molar-refractivity contribution in [2.75, 3.05) is 51.7 Å². The zero-order valence-electron chi connectivity index (χ0n) is 19.1. The molecule has 0 spiro atoms. The van der Waals surface area contributed by atoms with Crippen molar-refractivity contribution in [3.63, 3.8) is 0 Å². The quantitative estimate of drug-likeness (QED) is 0.385. The Morgan fingerprint density at radius 1 is 1.09 bits per heavy atom. The van der Waals surface area contributed by atoms with Crippen molar-refractivity contribution in [1.29, 1.82) is 0 Å². The van der Waals surface area contributed by atoms with Gasteiger partial charge in [0.15, 0.2) is 0 Å². The summed E-state index contributed by atoms with van der Waals surface area (Å²) in [5.74, 6) is -0.491. The second-order valence-corrected chi connectivity index (χ2v) is 9.28. The summed E-state index contributed by atoms with van der Waals surface area (Å²) in [6, 6.07) is 6.97. The molecule has 2 aliphatic heterocycles. The standard InChI is InChI=1S/C25H26ClF2N5O/c1-31(2)7-3-4-23-25(34-23)33-10-8-32(9-11-33)24-19-13-20(26)18(14-22(19)29-15-30-24)17-6-5-16(27)12-21(17)28/h3-6,12-15,23,25H,7-11H2,1-2H3/b4-3+. The Bertz CT molecular complexity index is 1230. The van der Waals surface area contributed by atoms with Crippen LogP contribution in [0, 0.1) is 11.6 Å². The lowest BCUT2D eigenvalue weighted by molar-refractivity contribution is 0.166. The lowest BCUT2D eigenvalue weighted by Crippen LogP contribution is -2.48. The Morgan fingerprint density at radius 3 is 2.62 bits per heavy atom. The molecule has 34 heavy (non-hydrogen) atoms. The minimum atomic E-state index is -0.663. The summed E-state index contributed by atoms with van der Waals surface area (Å²) in [5.41, 5.74) is 1.37. The summed E-state index contributed by atoms with van der Waals surface area (Å²) in [6.45, 7) is 4.22. The number of aromatic nitrogens is 2. The van der Waals surface area contributed by atoms with E-state index in [-0.39, 0.29) is 17.9 Å². The van der Waals surface area contributed by atoms with Gasteiger partial charge in [0.25, 0.3) is 0 Å². The van der Waals surface area contributed by atoms with Gasteiger partial charge in [-0.15, -0.1) is 0 Å². The van der Waals surface area contributed by atoms with E-state index in [0.717, 1.165) is 50.0 Å². The molecule has 0 N–H and O–H groups in total. The van der Waals surface area contributed by atoms with Gasteiger partial charge in [0, 0.05) is 60.3 Å². The molecule has 0 radical (unpaired) electrons.